The van der Waals surface area contributed by atoms with Gasteiger partial charge in [0.1, 0.15) is 23.7 Å². The molecule has 7 nitrogen and oxygen atoms in total. The number of pyridine rings is 1. The Balaban J connectivity index is 1.50. The molecule has 0 saturated heterocycles. The molecule has 172 valence electrons. The van der Waals surface area contributed by atoms with Gasteiger partial charge in [-0.15, -0.1) is 0 Å². The van der Waals surface area contributed by atoms with Crippen molar-refractivity contribution in [1.82, 2.24) is 15.0 Å². The van der Waals surface area contributed by atoms with Crippen molar-refractivity contribution >= 4 is 45.9 Å². The molecular weight excluding hydrogens is 465 g/mol. The fourth-order valence-electron chi connectivity index (χ4n) is 3.36. The number of amides is 1. The van der Waals surface area contributed by atoms with Crippen molar-refractivity contribution in [3.8, 4) is 5.75 Å². The van der Waals surface area contributed by atoms with Crippen molar-refractivity contribution < 1.29 is 14.3 Å². The molecule has 2 aromatic heterocycles. The van der Waals surface area contributed by atoms with E-state index in [9.17, 15) is 14.3 Å². The van der Waals surface area contributed by atoms with E-state index in [0.29, 0.717) is 28.4 Å². The zero-order valence-electron chi connectivity index (χ0n) is 18.1. The minimum Gasteiger partial charge on any atom is -0.508 e. The molecule has 0 radical (unpaired) electrons. The summed E-state index contributed by atoms with van der Waals surface area (Å²) in [5, 5.41) is 16.4. The number of phenols is 1. The number of nitrogens with one attached hydrogen (secondary N) is 2. The van der Waals surface area contributed by atoms with Crippen molar-refractivity contribution in [2.75, 3.05) is 10.6 Å². The number of hydrogen-bond donors (Lipinski definition) is 3. The highest BCUT2D eigenvalue weighted by Crippen LogP contribution is 2.37. The minimum absolute atomic E-state index is 0.181. The number of nitrogens with zero attached hydrogens (tertiary/aromatic N) is 3. The number of aromatic hydroxyl groups is 1. The Kier molecular flexibility index (Phi) is 6.23. The Morgan fingerprint density at radius 3 is 2.51 bits per heavy atom. The van der Waals surface area contributed by atoms with Crippen LogP contribution in [-0.4, -0.2) is 26.0 Å². The van der Waals surface area contributed by atoms with Gasteiger partial charge in [0.25, 0.3) is 5.91 Å². The van der Waals surface area contributed by atoms with Crippen molar-refractivity contribution in [3.05, 3.63) is 103 Å². The number of phenolic OH excluding ortho intramolecular Hbond substituents is 1. The van der Waals surface area contributed by atoms with Gasteiger partial charge in [0, 0.05) is 27.2 Å². The molecule has 0 spiro atoms. The second kappa shape index (κ2) is 9.78. The summed E-state index contributed by atoms with van der Waals surface area (Å²) in [4.78, 5) is 27.5. The fraction of sp³-hybridized carbons (Fsp3) is 0. The van der Waals surface area contributed by atoms with Crippen LogP contribution >= 0.6 is 11.8 Å². The SMILES string of the molecule is O=C(Nc1ccc(F)cc1)c1ccc(Sc2ccc(O)cc2)c(Nc2ncnc3ncccc23)c1. The normalized spacial score (nSPS) is 10.8. The summed E-state index contributed by atoms with van der Waals surface area (Å²) < 4.78 is 13.2. The molecule has 0 aliphatic heterocycles. The predicted molar refractivity (Wildman–Crippen MR) is 134 cm³/mol. The van der Waals surface area contributed by atoms with E-state index in [4.69, 9.17) is 0 Å². The van der Waals surface area contributed by atoms with E-state index in [2.05, 4.69) is 25.6 Å². The Morgan fingerprint density at radius 1 is 0.914 bits per heavy atom. The van der Waals surface area contributed by atoms with E-state index < -0.39 is 0 Å². The maximum absolute atomic E-state index is 13.2. The maximum atomic E-state index is 13.2. The van der Waals surface area contributed by atoms with Crippen molar-refractivity contribution in [3.63, 3.8) is 0 Å². The lowest BCUT2D eigenvalue weighted by atomic mass is 10.1. The van der Waals surface area contributed by atoms with Gasteiger partial charge in [0.2, 0.25) is 0 Å². The topological polar surface area (TPSA) is 100 Å². The van der Waals surface area contributed by atoms with Crippen LogP contribution in [0, 0.1) is 5.82 Å². The number of carbonyl (C=O) groups is 1. The number of hydrogen-bond acceptors (Lipinski definition) is 7. The number of carbonyl (C=O) groups excluding carboxylic acids is 1. The van der Waals surface area contributed by atoms with Gasteiger partial charge in [-0.2, -0.15) is 0 Å². The molecule has 9 heteroatoms. The summed E-state index contributed by atoms with van der Waals surface area (Å²) in [6.45, 7) is 0. The van der Waals surface area contributed by atoms with Gasteiger partial charge >= 0.3 is 0 Å². The van der Waals surface area contributed by atoms with Crippen LogP contribution in [0.5, 0.6) is 5.75 Å². The average Bonchev–Trinajstić information content (AvgIpc) is 2.88. The van der Waals surface area contributed by atoms with Gasteiger partial charge in [-0.25, -0.2) is 19.3 Å². The summed E-state index contributed by atoms with van der Waals surface area (Å²) in [5.41, 5.74) is 2.09. The number of benzene rings is 3. The zero-order valence-corrected chi connectivity index (χ0v) is 19.0. The third-order valence-corrected chi connectivity index (χ3v) is 6.15. The summed E-state index contributed by atoms with van der Waals surface area (Å²) >= 11 is 1.47. The second-order valence-electron chi connectivity index (χ2n) is 7.49. The van der Waals surface area contributed by atoms with E-state index in [1.54, 1.807) is 36.5 Å². The maximum Gasteiger partial charge on any atom is 0.255 e. The molecule has 0 aliphatic rings. The van der Waals surface area contributed by atoms with Gasteiger partial charge in [-0.1, -0.05) is 11.8 Å². The Morgan fingerprint density at radius 2 is 1.71 bits per heavy atom. The minimum atomic E-state index is -0.378. The molecule has 2 heterocycles. The first-order chi connectivity index (χ1) is 17.0. The molecule has 3 aromatic carbocycles. The van der Waals surface area contributed by atoms with Crippen LogP contribution in [-0.2, 0) is 0 Å². The number of rotatable bonds is 6. The molecule has 0 atom stereocenters. The molecule has 1 amide bonds. The van der Waals surface area contributed by atoms with E-state index in [0.717, 1.165) is 15.2 Å². The van der Waals surface area contributed by atoms with E-state index in [1.807, 2.05) is 24.3 Å². The van der Waals surface area contributed by atoms with Gasteiger partial charge in [-0.05, 0) is 78.9 Å². The molecule has 0 bridgehead atoms. The van der Waals surface area contributed by atoms with Gasteiger partial charge < -0.3 is 15.7 Å². The largest absolute Gasteiger partial charge is 0.508 e. The lowest BCUT2D eigenvalue weighted by molar-refractivity contribution is 0.102. The second-order valence-corrected chi connectivity index (χ2v) is 8.61. The highest BCUT2D eigenvalue weighted by molar-refractivity contribution is 7.99. The Labute approximate surface area is 204 Å². The molecule has 0 unspecified atom stereocenters. The third-order valence-electron chi connectivity index (χ3n) is 5.07. The standard InChI is InChI=1S/C26H18FN5O2S/c27-17-4-6-18(7-5-17)31-26(34)16-3-12-23(35-20-10-8-19(33)9-11-20)22(14-16)32-25-21-2-1-13-28-24(21)29-15-30-25/h1-15,33H,(H,31,34)(H,28,29,30,32). The molecule has 0 aliphatic carbocycles. The summed E-state index contributed by atoms with van der Waals surface area (Å²) in [5.74, 6) is 0.0129. The van der Waals surface area contributed by atoms with Crippen molar-refractivity contribution in [2.45, 2.75) is 9.79 Å². The van der Waals surface area contributed by atoms with Crippen molar-refractivity contribution in [2.24, 2.45) is 0 Å². The van der Waals surface area contributed by atoms with Gasteiger partial charge in [-0.3, -0.25) is 4.79 Å². The van der Waals surface area contributed by atoms with Crippen LogP contribution < -0.4 is 10.6 Å². The molecular formula is C26H18FN5O2S. The monoisotopic (exact) mass is 483 g/mol. The quantitative estimate of drug-likeness (QED) is 0.272. The molecule has 3 N–H and O–H groups in total. The van der Waals surface area contributed by atoms with E-state index in [-0.39, 0.29) is 17.5 Å². The molecule has 35 heavy (non-hydrogen) atoms. The predicted octanol–water partition coefficient (Wildman–Crippen LogP) is 6.02. The number of halogens is 1. The van der Waals surface area contributed by atoms with Crippen LogP contribution in [0.1, 0.15) is 10.4 Å². The van der Waals surface area contributed by atoms with Crippen LogP contribution in [0.15, 0.2) is 101 Å². The highest BCUT2D eigenvalue weighted by Gasteiger charge is 2.14. The van der Waals surface area contributed by atoms with E-state index in [1.165, 1.54) is 42.4 Å². The Hall–Kier alpha value is -4.50. The molecule has 0 fully saturated rings. The van der Waals surface area contributed by atoms with Gasteiger partial charge in [0.15, 0.2) is 5.65 Å². The number of anilines is 3. The van der Waals surface area contributed by atoms with Crippen LogP contribution in [0.25, 0.3) is 11.0 Å². The van der Waals surface area contributed by atoms with Crippen LogP contribution in [0.3, 0.4) is 0 Å². The lowest BCUT2D eigenvalue weighted by Crippen LogP contribution is -2.12. The summed E-state index contributed by atoms with van der Waals surface area (Å²) in [7, 11) is 0. The molecule has 5 aromatic rings. The average molecular weight is 484 g/mol. The first-order valence-electron chi connectivity index (χ1n) is 10.6. The fourth-order valence-corrected chi connectivity index (χ4v) is 4.24. The smallest absolute Gasteiger partial charge is 0.255 e. The van der Waals surface area contributed by atoms with Gasteiger partial charge in [0.05, 0.1) is 11.1 Å². The van der Waals surface area contributed by atoms with Crippen LogP contribution in [0.4, 0.5) is 21.6 Å². The zero-order chi connectivity index (χ0) is 24.2. The first-order valence-corrected chi connectivity index (χ1v) is 11.4. The lowest BCUT2D eigenvalue weighted by Gasteiger charge is -2.14. The number of fused-ring (bicyclic) bond motifs is 1. The Bertz CT molecular complexity index is 1510. The van der Waals surface area contributed by atoms with E-state index >= 15 is 0 Å². The summed E-state index contributed by atoms with van der Waals surface area (Å²) in [6, 6.07) is 21.4. The van der Waals surface area contributed by atoms with Crippen LogP contribution in [0.2, 0.25) is 0 Å². The van der Waals surface area contributed by atoms with Crippen molar-refractivity contribution in [1.29, 1.82) is 0 Å². The molecule has 0 saturated carbocycles. The third kappa shape index (κ3) is 5.20. The number of aromatic nitrogens is 3. The molecule has 5 rings (SSSR count). The summed E-state index contributed by atoms with van der Waals surface area (Å²) in [6.07, 6.45) is 3.08. The highest BCUT2D eigenvalue weighted by atomic mass is 32.2. The first kappa shape index (κ1) is 22.3.